The summed E-state index contributed by atoms with van der Waals surface area (Å²) < 4.78 is 22.6. The summed E-state index contributed by atoms with van der Waals surface area (Å²) >= 11 is 0. The predicted octanol–water partition coefficient (Wildman–Crippen LogP) is 2.50. The molecule has 0 saturated carbocycles. The highest BCUT2D eigenvalue weighted by atomic mass is 31.2. The molecule has 0 amide bonds. The van der Waals surface area contributed by atoms with Crippen molar-refractivity contribution in [1.82, 2.24) is 0 Å². The van der Waals surface area contributed by atoms with E-state index in [1.165, 1.54) is 0 Å². The summed E-state index contributed by atoms with van der Waals surface area (Å²) in [7, 11) is -2.37. The molecule has 0 aliphatic carbocycles. The van der Waals surface area contributed by atoms with Gasteiger partial charge in [0, 0.05) is 19.8 Å². The van der Waals surface area contributed by atoms with Crippen LogP contribution in [0.3, 0.4) is 0 Å². The molecular formula is C9H19O3P. The van der Waals surface area contributed by atoms with Crippen LogP contribution in [0.15, 0.2) is 0 Å². The van der Waals surface area contributed by atoms with Gasteiger partial charge in [-0.05, 0) is 13.3 Å². The van der Waals surface area contributed by atoms with E-state index in [-0.39, 0.29) is 18.3 Å². The summed E-state index contributed by atoms with van der Waals surface area (Å²) in [4.78, 5) is 0. The summed E-state index contributed by atoms with van der Waals surface area (Å²) in [5.74, 6) is 0. The molecule has 13 heavy (non-hydrogen) atoms. The Morgan fingerprint density at radius 3 is 2.62 bits per heavy atom. The molecule has 4 heteroatoms. The first-order valence-corrected chi connectivity index (χ1v) is 7.33. The molecule has 0 aromatic carbocycles. The first kappa shape index (κ1) is 11.2. The Bertz CT molecular complexity index is 211. The van der Waals surface area contributed by atoms with Crippen molar-refractivity contribution in [3.05, 3.63) is 0 Å². The molecule has 0 aromatic rings. The largest absolute Gasteiger partial charge is 0.372 e. The van der Waals surface area contributed by atoms with Crippen molar-refractivity contribution < 1.29 is 13.8 Å². The molecule has 1 aliphatic rings. The third-order valence-electron chi connectivity index (χ3n) is 2.18. The summed E-state index contributed by atoms with van der Waals surface area (Å²) in [5.41, 5.74) is 0. The van der Waals surface area contributed by atoms with Gasteiger partial charge in [0.05, 0.1) is 18.3 Å². The molecule has 0 spiro atoms. The number of ether oxygens (including phenoxy) is 1. The van der Waals surface area contributed by atoms with E-state index in [1.54, 1.807) is 13.3 Å². The lowest BCUT2D eigenvalue weighted by atomic mass is 10.1. The fourth-order valence-corrected chi connectivity index (χ4v) is 2.59. The van der Waals surface area contributed by atoms with Crippen LogP contribution >= 0.6 is 7.37 Å². The van der Waals surface area contributed by atoms with Gasteiger partial charge in [-0.3, -0.25) is 4.57 Å². The van der Waals surface area contributed by atoms with Crippen LogP contribution in [-0.2, 0) is 13.8 Å². The molecule has 1 unspecified atom stereocenters. The molecule has 0 N–H and O–H groups in total. The van der Waals surface area contributed by atoms with E-state index in [1.807, 2.05) is 6.92 Å². The SMILES string of the molecule is CC[C@H]1O[C@@H](C)CC1OP(C)(C)=O. The van der Waals surface area contributed by atoms with Crippen molar-refractivity contribution in [1.29, 1.82) is 0 Å². The van der Waals surface area contributed by atoms with Crippen LogP contribution < -0.4 is 0 Å². The highest BCUT2D eigenvalue weighted by Crippen LogP contribution is 2.43. The minimum atomic E-state index is -2.37. The monoisotopic (exact) mass is 206 g/mol. The molecule has 3 atom stereocenters. The molecule has 0 bridgehead atoms. The fraction of sp³-hybridized carbons (Fsp3) is 1.00. The van der Waals surface area contributed by atoms with E-state index < -0.39 is 7.37 Å². The highest BCUT2D eigenvalue weighted by Gasteiger charge is 2.34. The average molecular weight is 206 g/mol. The van der Waals surface area contributed by atoms with Crippen molar-refractivity contribution in [3.63, 3.8) is 0 Å². The topological polar surface area (TPSA) is 35.5 Å². The number of rotatable bonds is 3. The van der Waals surface area contributed by atoms with Crippen LogP contribution in [0.1, 0.15) is 26.7 Å². The molecule has 1 aliphatic heterocycles. The first-order valence-electron chi connectivity index (χ1n) is 4.81. The lowest BCUT2D eigenvalue weighted by Crippen LogP contribution is -2.22. The number of hydrogen-bond acceptors (Lipinski definition) is 3. The number of hydrogen-bond donors (Lipinski definition) is 0. The van der Waals surface area contributed by atoms with E-state index in [9.17, 15) is 4.57 Å². The lowest BCUT2D eigenvalue weighted by Gasteiger charge is -2.19. The van der Waals surface area contributed by atoms with Gasteiger partial charge in [-0.1, -0.05) is 6.92 Å². The third kappa shape index (κ3) is 3.41. The predicted molar refractivity (Wildman–Crippen MR) is 53.6 cm³/mol. The Morgan fingerprint density at radius 1 is 1.54 bits per heavy atom. The molecule has 3 nitrogen and oxygen atoms in total. The Hall–Kier alpha value is 0.150. The smallest absolute Gasteiger partial charge is 0.197 e. The highest BCUT2D eigenvalue weighted by molar-refractivity contribution is 7.57. The maximum absolute atomic E-state index is 11.5. The fourth-order valence-electron chi connectivity index (χ4n) is 1.72. The second kappa shape index (κ2) is 4.12. The van der Waals surface area contributed by atoms with E-state index in [2.05, 4.69) is 6.92 Å². The van der Waals surface area contributed by atoms with Gasteiger partial charge in [0.25, 0.3) is 0 Å². The van der Waals surface area contributed by atoms with E-state index in [0.29, 0.717) is 0 Å². The van der Waals surface area contributed by atoms with Gasteiger partial charge in [0.2, 0.25) is 0 Å². The molecule has 1 heterocycles. The van der Waals surface area contributed by atoms with Gasteiger partial charge >= 0.3 is 0 Å². The average Bonchev–Trinajstić information content (AvgIpc) is 2.27. The maximum atomic E-state index is 11.5. The first-order chi connectivity index (χ1) is 5.92. The summed E-state index contributed by atoms with van der Waals surface area (Å²) in [6, 6.07) is 0. The van der Waals surface area contributed by atoms with Gasteiger partial charge in [0.15, 0.2) is 7.37 Å². The Balaban J connectivity index is 2.54. The Labute approximate surface area is 80.3 Å². The van der Waals surface area contributed by atoms with Crippen LogP contribution in [0.2, 0.25) is 0 Å². The van der Waals surface area contributed by atoms with Crippen LogP contribution in [-0.4, -0.2) is 31.6 Å². The minimum absolute atomic E-state index is 0.0285. The molecular weight excluding hydrogens is 187 g/mol. The maximum Gasteiger partial charge on any atom is 0.197 e. The second-order valence-corrected chi connectivity index (χ2v) is 6.74. The van der Waals surface area contributed by atoms with Crippen molar-refractivity contribution in [2.75, 3.05) is 13.3 Å². The van der Waals surface area contributed by atoms with Crippen molar-refractivity contribution in [2.45, 2.75) is 45.0 Å². The van der Waals surface area contributed by atoms with E-state index in [0.717, 1.165) is 12.8 Å². The summed E-state index contributed by atoms with van der Waals surface area (Å²) in [5, 5.41) is 0. The summed E-state index contributed by atoms with van der Waals surface area (Å²) in [6.45, 7) is 7.41. The zero-order valence-corrected chi connectivity index (χ0v) is 9.71. The molecule has 0 aromatic heterocycles. The summed E-state index contributed by atoms with van der Waals surface area (Å²) in [6.07, 6.45) is 2.18. The van der Waals surface area contributed by atoms with Crippen LogP contribution in [0, 0.1) is 0 Å². The van der Waals surface area contributed by atoms with Crippen molar-refractivity contribution in [3.8, 4) is 0 Å². The quantitative estimate of drug-likeness (QED) is 0.665. The van der Waals surface area contributed by atoms with Gasteiger partial charge in [0.1, 0.15) is 0 Å². The van der Waals surface area contributed by atoms with Gasteiger partial charge in [-0.25, -0.2) is 0 Å². The molecule has 78 valence electrons. The lowest BCUT2D eigenvalue weighted by molar-refractivity contribution is 0.0227. The van der Waals surface area contributed by atoms with Crippen LogP contribution in [0.5, 0.6) is 0 Å². The van der Waals surface area contributed by atoms with Crippen LogP contribution in [0.25, 0.3) is 0 Å². The second-order valence-electron chi connectivity index (χ2n) is 4.03. The van der Waals surface area contributed by atoms with Gasteiger partial charge in [-0.15, -0.1) is 0 Å². The zero-order chi connectivity index (χ0) is 10.1. The third-order valence-corrected chi connectivity index (χ3v) is 2.96. The van der Waals surface area contributed by atoms with Crippen molar-refractivity contribution in [2.24, 2.45) is 0 Å². The zero-order valence-electron chi connectivity index (χ0n) is 8.82. The van der Waals surface area contributed by atoms with Gasteiger partial charge in [-0.2, -0.15) is 0 Å². The minimum Gasteiger partial charge on any atom is -0.372 e. The van der Waals surface area contributed by atoms with Crippen LogP contribution in [0.4, 0.5) is 0 Å². The van der Waals surface area contributed by atoms with E-state index in [4.69, 9.17) is 9.26 Å². The van der Waals surface area contributed by atoms with Crippen molar-refractivity contribution >= 4 is 7.37 Å². The molecule has 0 radical (unpaired) electrons. The molecule has 1 fully saturated rings. The normalized spacial score (nSPS) is 35.2. The Morgan fingerprint density at radius 2 is 2.15 bits per heavy atom. The Kier molecular flexibility index (Phi) is 3.56. The molecule has 1 rings (SSSR count). The standard InChI is InChI=1S/C9H19O3P/c1-5-8-9(6-7(2)11-8)12-13(3,4)10/h7-9H,5-6H2,1-4H3/t7-,8+,9?/m0/s1. The van der Waals surface area contributed by atoms with E-state index >= 15 is 0 Å². The van der Waals surface area contributed by atoms with Gasteiger partial charge < -0.3 is 9.26 Å². The molecule has 1 saturated heterocycles.